The first kappa shape index (κ1) is 27.9. The monoisotopic (exact) mass is 452 g/mol. The second-order valence-electron chi connectivity index (χ2n) is 0. The van der Waals surface area contributed by atoms with Crippen molar-refractivity contribution >= 4 is 91.5 Å². The van der Waals surface area contributed by atoms with Crippen LogP contribution in [0.1, 0.15) is 0 Å². The third-order valence-corrected chi connectivity index (χ3v) is 0. The molecule has 0 aromatic carbocycles. The van der Waals surface area contributed by atoms with Crippen LogP contribution >= 0.6 is 0 Å². The third-order valence-electron chi connectivity index (χ3n) is 0. The molecule has 0 N–H and O–H groups in total. The molecule has 0 saturated carbocycles. The maximum absolute atomic E-state index is 0. The van der Waals surface area contributed by atoms with Crippen molar-refractivity contribution in [2.75, 3.05) is 0 Å². The summed E-state index contributed by atoms with van der Waals surface area (Å²) in [6.45, 7) is 0. The molecule has 0 rings (SSSR count). The summed E-state index contributed by atoms with van der Waals surface area (Å²) in [4.78, 5) is 0. The summed E-state index contributed by atoms with van der Waals surface area (Å²) in [5.74, 6) is 0. The summed E-state index contributed by atoms with van der Waals surface area (Å²) < 4.78 is 0. The molecule has 0 aromatic heterocycles. The molecule has 0 unspecified atom stereocenters. The first-order chi connectivity index (χ1) is 0. The van der Waals surface area contributed by atoms with Gasteiger partial charge in [0.2, 0.25) is 0 Å². The molecule has 0 bridgehead atoms. The Morgan fingerprint density at radius 3 is 1.00 bits per heavy atom. The molecule has 0 aliphatic rings. The van der Waals surface area contributed by atoms with Gasteiger partial charge in [0.25, 0.3) is 0 Å². The van der Waals surface area contributed by atoms with E-state index in [1.54, 1.807) is 0 Å². The molecule has 0 nitrogen and oxygen atoms in total. The molecule has 0 atom stereocenters. The maximum atomic E-state index is 0. The molecule has 0 heterocycles. The van der Waals surface area contributed by atoms with Crippen molar-refractivity contribution in [2.45, 2.75) is 0 Å². The summed E-state index contributed by atoms with van der Waals surface area (Å²) in [5, 5.41) is 0. The van der Waals surface area contributed by atoms with Gasteiger partial charge in [-0.3, -0.25) is 0 Å². The van der Waals surface area contributed by atoms with E-state index < -0.39 is 0 Å². The molecule has 4 heavy (non-hydrogen) atoms. The minimum atomic E-state index is 0. The number of hydrogen-bond acceptors (Lipinski definition) is 0. The van der Waals surface area contributed by atoms with Gasteiger partial charge in [0.05, 0.1) is 0 Å². The predicted octanol–water partition coefficient (Wildman–Crippen LogP) is -4.74. The van der Waals surface area contributed by atoms with Crippen molar-refractivity contribution < 1.29 is 0 Å². The molecule has 4 heteroatoms. The third kappa shape index (κ3) is 8.90. The van der Waals surface area contributed by atoms with Gasteiger partial charge in [-0.05, 0) is 0 Å². The zero-order chi connectivity index (χ0) is 0. The summed E-state index contributed by atoms with van der Waals surface area (Å²) in [6.07, 6.45) is 0. The second kappa shape index (κ2) is 16.6. The zero-order valence-corrected chi connectivity index (χ0v) is 8.10. The van der Waals surface area contributed by atoms with Crippen LogP contribution in [0.3, 0.4) is 0 Å². The van der Waals surface area contributed by atoms with Crippen molar-refractivity contribution in [1.82, 2.24) is 0 Å². The quantitative estimate of drug-likeness (QED) is 0.327. The summed E-state index contributed by atoms with van der Waals surface area (Å²) in [7, 11) is 0. The van der Waals surface area contributed by atoms with Crippen molar-refractivity contribution in [1.29, 1.82) is 0 Å². The van der Waals surface area contributed by atoms with Crippen LogP contribution in [0.15, 0.2) is 0 Å². The summed E-state index contributed by atoms with van der Waals surface area (Å²) in [6, 6.07) is 0. The van der Waals surface area contributed by atoms with E-state index in [1.807, 2.05) is 0 Å². The molecule has 0 aromatic rings. The van der Waals surface area contributed by atoms with Crippen LogP contribution < -0.4 is 0 Å². The molecule has 0 aliphatic heterocycles. The first-order valence-corrected chi connectivity index (χ1v) is 0. The van der Waals surface area contributed by atoms with Gasteiger partial charge < -0.3 is 0 Å². The second-order valence-corrected chi connectivity index (χ2v) is 0. The fourth-order valence-electron chi connectivity index (χ4n) is 0. The van der Waals surface area contributed by atoms with Crippen molar-refractivity contribution in [2.24, 2.45) is 0 Å². The van der Waals surface area contributed by atoms with E-state index in [1.165, 1.54) is 0 Å². The van der Waals surface area contributed by atoms with Gasteiger partial charge in [-0.1, -0.05) is 0 Å². The Balaban J connectivity index is 0. The minimum absolute atomic E-state index is 0. The Bertz CT molecular complexity index is 8.00. The molecule has 0 radical (unpaired) electrons. The molecule has 0 fully saturated rings. The Hall–Kier alpha value is 3.02. The van der Waals surface area contributed by atoms with E-state index in [0.29, 0.717) is 0 Å². The molecule has 0 amide bonds. The predicted molar refractivity (Wildman–Crippen MR) is 39.8 cm³/mol. The molecule has 30 valence electrons. The van der Waals surface area contributed by atoms with Crippen LogP contribution in [0.25, 0.3) is 0 Å². The van der Waals surface area contributed by atoms with E-state index in [0.717, 1.165) is 0 Å². The van der Waals surface area contributed by atoms with Gasteiger partial charge in [0, 0.05) is 0 Å². The van der Waals surface area contributed by atoms with Gasteiger partial charge >= 0.3 is 91.5 Å². The Morgan fingerprint density at radius 1 is 1.00 bits per heavy atom. The normalized spacial score (nSPS) is 0. The van der Waals surface area contributed by atoms with Crippen LogP contribution in [-0.4, -0.2) is 91.5 Å². The molecular weight excluding hydrogens is 437 g/mol. The van der Waals surface area contributed by atoms with E-state index in [-0.39, 0.29) is 91.5 Å². The molecular formula is H12GeInSbTe. The zero-order valence-electron chi connectivity index (χ0n) is 1.21. The standard InChI is InChI=1S/GeH4.In.Sb.H2Te.6H/h1H4;;;1H2;;;;;;. The molecule has 0 spiro atoms. The van der Waals surface area contributed by atoms with E-state index >= 15 is 0 Å². The Labute approximate surface area is 89.8 Å². The fourth-order valence-corrected chi connectivity index (χ4v) is 0. The number of rotatable bonds is 0. The molecule has 0 saturated heterocycles. The van der Waals surface area contributed by atoms with Gasteiger partial charge in [-0.2, -0.15) is 0 Å². The van der Waals surface area contributed by atoms with Crippen LogP contribution in [0, 0.1) is 0 Å². The van der Waals surface area contributed by atoms with E-state index in [4.69, 9.17) is 0 Å². The van der Waals surface area contributed by atoms with Gasteiger partial charge in [0.15, 0.2) is 0 Å². The van der Waals surface area contributed by atoms with Crippen molar-refractivity contribution in [3.8, 4) is 0 Å². The average molecular weight is 449 g/mol. The van der Waals surface area contributed by atoms with Crippen molar-refractivity contribution in [3.05, 3.63) is 0 Å². The Kier molecular flexibility index (Phi) is 116. The van der Waals surface area contributed by atoms with Crippen LogP contribution in [0.5, 0.6) is 0 Å². The summed E-state index contributed by atoms with van der Waals surface area (Å²) in [5.41, 5.74) is 0. The van der Waals surface area contributed by atoms with Gasteiger partial charge in [-0.25, -0.2) is 0 Å². The van der Waals surface area contributed by atoms with E-state index in [2.05, 4.69) is 0 Å². The molecule has 0 aliphatic carbocycles. The first-order valence-electron chi connectivity index (χ1n) is 0. The average Bonchev–Trinajstić information content (AvgIpc) is 0. The van der Waals surface area contributed by atoms with Crippen molar-refractivity contribution in [3.63, 3.8) is 0 Å². The summed E-state index contributed by atoms with van der Waals surface area (Å²) >= 11 is 0. The fraction of sp³-hybridized carbons (Fsp3) is 0. The Morgan fingerprint density at radius 2 is 1.00 bits per heavy atom. The van der Waals surface area contributed by atoms with Crippen LogP contribution in [0.2, 0.25) is 0 Å². The van der Waals surface area contributed by atoms with Gasteiger partial charge in [-0.15, -0.1) is 0 Å². The SMILES string of the molecule is [GeH4].[InH3].[SbH3].[TeH2]. The topological polar surface area (TPSA) is 0 Å². The van der Waals surface area contributed by atoms with Gasteiger partial charge in [0.1, 0.15) is 0 Å². The number of hydrogen-bond donors (Lipinski definition) is 0. The van der Waals surface area contributed by atoms with Crippen LogP contribution in [-0.2, 0) is 0 Å². The van der Waals surface area contributed by atoms with E-state index in [9.17, 15) is 0 Å². The van der Waals surface area contributed by atoms with Crippen LogP contribution in [0.4, 0.5) is 0 Å².